The fraction of sp³-hybridized carbons (Fsp3) is 0.960. The molecule has 0 aromatic rings. The molecule has 0 rings (SSSR count). The first-order valence-corrected chi connectivity index (χ1v) is 38.6. The number of hydrogen-bond donors (Lipinski definition) is 10. The maximum Gasteiger partial charge on any atom is 0.222 e. The first-order valence-electron chi connectivity index (χ1n) is 38.6. The first kappa shape index (κ1) is 91.3. The third-order valence-corrected chi connectivity index (χ3v) is 17.4. The highest BCUT2D eigenvalue weighted by Crippen LogP contribution is 2.18. The quantitative estimate of drug-likeness (QED) is 0.0206. The minimum atomic E-state index is -0.519. The Hall–Kier alpha value is -1.91. The molecule has 0 aromatic heterocycles. The van der Waals surface area contributed by atoms with E-state index in [-0.39, 0.29) is 49.2 Å². The van der Waals surface area contributed by atoms with Gasteiger partial charge in [-0.15, -0.1) is 0 Å². The minimum Gasteiger partial charge on any atom is -0.393 e. The molecule has 0 radical (unpaired) electrons. The summed E-state index contributed by atoms with van der Waals surface area (Å²) < 4.78 is 0.763. The molecular formula is C75H158N6O8+2. The lowest BCUT2D eigenvalue weighted by Gasteiger charge is -2.32. The number of amides is 3. The van der Waals surface area contributed by atoms with Crippen molar-refractivity contribution in [3.8, 4) is 0 Å². The molecule has 3 amide bonds. The molecule has 0 aliphatic rings. The second-order valence-electron chi connectivity index (χ2n) is 27.6. The Balaban J connectivity index is -0.00000126. The summed E-state index contributed by atoms with van der Waals surface area (Å²) in [4.78, 5) is 35.5. The van der Waals surface area contributed by atoms with E-state index in [0.29, 0.717) is 26.2 Å². The Morgan fingerprint density at radius 3 is 0.899 bits per heavy atom. The summed E-state index contributed by atoms with van der Waals surface area (Å²) in [6.07, 6.45) is 58.7. The summed E-state index contributed by atoms with van der Waals surface area (Å²) in [7, 11) is 4.25. The normalized spacial score (nSPS) is 13.2. The highest BCUT2D eigenvalue weighted by molar-refractivity contribution is 5.77. The fourth-order valence-corrected chi connectivity index (χ4v) is 11.7. The lowest BCUT2D eigenvalue weighted by molar-refractivity contribution is -0.893. The van der Waals surface area contributed by atoms with Crippen molar-refractivity contribution in [2.24, 2.45) is 5.73 Å². The summed E-state index contributed by atoms with van der Waals surface area (Å²) in [6, 6.07) is 0. The average Bonchev–Trinajstić information content (AvgIpc) is 3.55. The number of carbonyl (C=O) groups is 3. The van der Waals surface area contributed by atoms with Gasteiger partial charge in [0, 0.05) is 32.5 Å². The van der Waals surface area contributed by atoms with Crippen molar-refractivity contribution in [2.75, 3.05) is 66.5 Å². The Morgan fingerprint density at radius 2 is 0.607 bits per heavy atom. The average molecular weight is 1270 g/mol. The second-order valence-corrected chi connectivity index (χ2v) is 27.6. The van der Waals surface area contributed by atoms with Gasteiger partial charge in [-0.2, -0.15) is 0 Å². The van der Waals surface area contributed by atoms with E-state index in [1.165, 1.54) is 218 Å². The van der Waals surface area contributed by atoms with Crippen molar-refractivity contribution in [3.63, 3.8) is 0 Å². The molecule has 0 aliphatic heterocycles. The van der Waals surface area contributed by atoms with Gasteiger partial charge in [0.1, 0.15) is 25.3 Å². The molecule has 0 saturated carbocycles. The number of rotatable bonds is 67. The minimum absolute atomic E-state index is 0.0477. The summed E-state index contributed by atoms with van der Waals surface area (Å²) in [6.45, 7) is 16.8. The Kier molecular flexibility index (Phi) is 75.4. The number of hydrogen-bond acceptors (Lipinski definition) is 9. The first-order chi connectivity index (χ1) is 43.1. The van der Waals surface area contributed by atoms with E-state index >= 15 is 0 Å². The van der Waals surface area contributed by atoms with Crippen LogP contribution in [-0.2, 0) is 14.4 Å². The molecule has 14 nitrogen and oxygen atoms in total. The van der Waals surface area contributed by atoms with Crippen LogP contribution in [0, 0.1) is 0 Å². The lowest BCUT2D eigenvalue weighted by Crippen LogP contribution is -2.86. The lowest BCUT2D eigenvalue weighted by atomic mass is 10.0. The molecule has 0 aromatic carbocycles. The Morgan fingerprint density at radius 1 is 0.337 bits per heavy atom. The molecule has 5 atom stereocenters. The largest absolute Gasteiger partial charge is 0.393 e. The van der Waals surface area contributed by atoms with E-state index < -0.39 is 18.3 Å². The molecule has 0 bridgehead atoms. The molecule has 0 aliphatic carbocycles. The van der Waals surface area contributed by atoms with E-state index in [1.54, 1.807) is 0 Å². The van der Waals surface area contributed by atoms with Gasteiger partial charge in [-0.1, -0.05) is 298 Å². The zero-order valence-corrected chi connectivity index (χ0v) is 60.4. The van der Waals surface area contributed by atoms with Crippen molar-refractivity contribution in [2.45, 2.75) is 399 Å². The SMILES string of the molecule is CCCCCCCCCCCCCCC[C@@H](O)CC(=O)NCCCN.CCCCCCCCCCCCCCC[C@@H](O)CC(=O)NCCC[N+](C)(C)CC(O)CCC.CCCCCCCCCCCCCCC[C@@H](O)CC(=O)NCCC[NH2+]CC(O)CCC. The number of quaternary nitrogens is 2. The summed E-state index contributed by atoms with van der Waals surface area (Å²) in [5, 5.41) is 60.5. The molecule has 0 saturated heterocycles. The third-order valence-electron chi connectivity index (χ3n) is 17.4. The van der Waals surface area contributed by atoms with Gasteiger partial charge in [0.05, 0.1) is 64.8 Å². The van der Waals surface area contributed by atoms with Gasteiger partial charge in [0.15, 0.2) is 0 Å². The summed E-state index contributed by atoms with van der Waals surface area (Å²) in [5.41, 5.74) is 5.38. The zero-order valence-electron chi connectivity index (χ0n) is 60.4. The predicted octanol–water partition coefficient (Wildman–Crippen LogP) is 15.1. The number of aliphatic hydroxyl groups is 5. The molecule has 0 spiro atoms. The van der Waals surface area contributed by atoms with Crippen LogP contribution in [-0.4, -0.2) is 145 Å². The van der Waals surface area contributed by atoms with Gasteiger partial charge in [0.25, 0.3) is 0 Å². The van der Waals surface area contributed by atoms with Gasteiger partial charge in [-0.05, 0) is 45.1 Å². The molecule has 0 heterocycles. The van der Waals surface area contributed by atoms with Crippen molar-refractivity contribution < 1.29 is 49.7 Å². The van der Waals surface area contributed by atoms with Crippen LogP contribution in [0.15, 0.2) is 0 Å². The van der Waals surface area contributed by atoms with E-state index in [1.807, 2.05) is 0 Å². The van der Waals surface area contributed by atoms with Crippen molar-refractivity contribution >= 4 is 17.7 Å². The number of nitrogens with zero attached hydrogens (tertiary/aromatic N) is 1. The number of nitrogens with one attached hydrogen (secondary N) is 3. The molecule has 0 fully saturated rings. The van der Waals surface area contributed by atoms with Crippen LogP contribution in [0.2, 0.25) is 0 Å². The van der Waals surface area contributed by atoms with Gasteiger partial charge < -0.3 is 57.0 Å². The van der Waals surface area contributed by atoms with Crippen LogP contribution in [0.5, 0.6) is 0 Å². The predicted molar refractivity (Wildman–Crippen MR) is 380 cm³/mol. The number of nitrogens with two attached hydrogens (primary N) is 2. The van der Waals surface area contributed by atoms with E-state index in [9.17, 15) is 39.9 Å². The molecule has 14 heteroatoms. The fourth-order valence-electron chi connectivity index (χ4n) is 11.7. The van der Waals surface area contributed by atoms with Crippen molar-refractivity contribution in [1.82, 2.24) is 16.0 Å². The highest BCUT2D eigenvalue weighted by atomic mass is 16.3. The van der Waals surface area contributed by atoms with Crippen LogP contribution in [0.1, 0.15) is 369 Å². The molecular weight excluding hydrogens is 1110 g/mol. The van der Waals surface area contributed by atoms with Gasteiger partial charge in [0.2, 0.25) is 17.7 Å². The number of aliphatic hydroxyl groups excluding tert-OH is 5. The van der Waals surface area contributed by atoms with Crippen LogP contribution in [0.4, 0.5) is 0 Å². The number of unbranched alkanes of at least 4 members (excludes halogenated alkanes) is 36. The molecule has 89 heavy (non-hydrogen) atoms. The van der Waals surface area contributed by atoms with E-state index in [4.69, 9.17) is 5.73 Å². The van der Waals surface area contributed by atoms with E-state index in [0.717, 1.165) is 127 Å². The van der Waals surface area contributed by atoms with Crippen molar-refractivity contribution in [1.29, 1.82) is 0 Å². The molecule has 2 unspecified atom stereocenters. The molecule has 534 valence electrons. The van der Waals surface area contributed by atoms with Crippen LogP contribution >= 0.6 is 0 Å². The van der Waals surface area contributed by atoms with Crippen LogP contribution in [0.3, 0.4) is 0 Å². The smallest absolute Gasteiger partial charge is 0.222 e. The standard InChI is InChI=1S/C28H58N2O3.C26H54N2O3.C21H44N2O2/c1-5-7-8-9-10-11-12-13-14-15-16-17-18-21-26(31)24-28(33)29-22-19-23-30(3,4)25-27(32)20-6-2;1-3-5-6-7-8-9-10-11-12-13-14-15-16-19-24(29)22-26(31)28-21-17-20-27-23-25(30)18-4-2;1-2-3-4-5-6-7-8-9-10-11-12-13-14-16-20(24)19-21(25)23-18-15-17-22/h26-27,31-32H,5-25H2,1-4H3;24-25,27,29-30H,3-23H2,1-2H3,(H,28,31);20,24H,2-19,22H2,1H3,(H,23,25)/p+2/t26-,27?;24-,25?;20-/m111/s1. The van der Waals surface area contributed by atoms with Gasteiger partial charge in [-0.3, -0.25) is 14.4 Å². The second kappa shape index (κ2) is 73.5. The topological polar surface area (TPSA) is 231 Å². The summed E-state index contributed by atoms with van der Waals surface area (Å²) >= 11 is 0. The Labute approximate surface area is 552 Å². The Bertz CT molecular complexity index is 1430. The van der Waals surface area contributed by atoms with Crippen molar-refractivity contribution in [3.05, 3.63) is 0 Å². The van der Waals surface area contributed by atoms with E-state index in [2.05, 4.69) is 70.0 Å². The highest BCUT2D eigenvalue weighted by Gasteiger charge is 2.20. The maximum absolute atomic E-state index is 12.1. The van der Waals surface area contributed by atoms with Crippen LogP contribution < -0.4 is 27.0 Å². The van der Waals surface area contributed by atoms with Crippen LogP contribution in [0.25, 0.3) is 0 Å². The molecule has 12 N–H and O–H groups in total. The van der Waals surface area contributed by atoms with Gasteiger partial charge >= 0.3 is 0 Å². The summed E-state index contributed by atoms with van der Waals surface area (Å²) in [5.74, 6) is -0.155. The van der Waals surface area contributed by atoms with Gasteiger partial charge in [-0.25, -0.2) is 0 Å². The zero-order chi connectivity index (χ0) is 66.4. The number of carbonyl (C=O) groups excluding carboxylic acids is 3. The third kappa shape index (κ3) is 78.4. The number of likely N-dealkylation sites (N-methyl/N-ethyl adjacent to an activating group) is 1. The monoisotopic (exact) mass is 1270 g/mol. The maximum atomic E-state index is 12.1.